The van der Waals surface area contributed by atoms with E-state index >= 15 is 0 Å². The van der Waals surface area contributed by atoms with E-state index < -0.39 is 0 Å². The maximum Gasteiger partial charge on any atom is 0.240 e. The Balaban J connectivity index is 1.58. The van der Waals surface area contributed by atoms with Crippen LogP contribution in [0.2, 0.25) is 0 Å². The van der Waals surface area contributed by atoms with Crippen molar-refractivity contribution in [3.05, 3.63) is 23.2 Å². The zero-order valence-corrected chi connectivity index (χ0v) is 14.3. The van der Waals surface area contributed by atoms with Crippen molar-refractivity contribution in [2.75, 3.05) is 18.4 Å². The minimum Gasteiger partial charge on any atom is -0.301 e. The minimum atomic E-state index is 0.00393. The van der Waals surface area contributed by atoms with Crippen molar-refractivity contribution in [1.82, 2.24) is 24.6 Å². The van der Waals surface area contributed by atoms with Crippen LogP contribution in [0.15, 0.2) is 12.7 Å². The zero-order chi connectivity index (χ0) is 16.2. The third-order valence-corrected chi connectivity index (χ3v) is 5.22. The summed E-state index contributed by atoms with van der Waals surface area (Å²) in [5, 5.41) is 7.79. The molecule has 1 N–H and O–H groups in total. The van der Waals surface area contributed by atoms with Gasteiger partial charge in [0, 0.05) is 10.9 Å². The molecule has 8 heteroatoms. The Morgan fingerprint density at radius 3 is 3.00 bits per heavy atom. The van der Waals surface area contributed by atoms with Gasteiger partial charge in [0.25, 0.3) is 0 Å². The summed E-state index contributed by atoms with van der Waals surface area (Å²) in [4.78, 5) is 24.1. The van der Waals surface area contributed by atoms with Crippen molar-refractivity contribution < 1.29 is 4.79 Å². The number of aromatic nitrogens is 4. The van der Waals surface area contributed by atoms with Crippen molar-refractivity contribution in [2.45, 2.75) is 45.7 Å². The largest absolute Gasteiger partial charge is 0.301 e. The molecule has 7 nitrogen and oxygen atoms in total. The van der Waals surface area contributed by atoms with E-state index in [2.05, 4.69) is 25.3 Å². The van der Waals surface area contributed by atoms with Crippen LogP contribution in [0.5, 0.6) is 0 Å². The monoisotopic (exact) mass is 334 g/mol. The van der Waals surface area contributed by atoms with Crippen molar-refractivity contribution >= 4 is 22.4 Å². The number of thiazole rings is 1. The Kier molecular flexibility index (Phi) is 5.02. The number of amides is 1. The van der Waals surface area contributed by atoms with Gasteiger partial charge in [-0.3, -0.25) is 14.4 Å². The van der Waals surface area contributed by atoms with Crippen LogP contribution in [0.25, 0.3) is 0 Å². The van der Waals surface area contributed by atoms with Gasteiger partial charge in [-0.15, -0.1) is 11.3 Å². The Bertz CT molecular complexity index is 633. The number of aryl methyl sites for hydroxylation is 2. The van der Waals surface area contributed by atoms with Crippen molar-refractivity contribution in [3.8, 4) is 0 Å². The van der Waals surface area contributed by atoms with E-state index in [9.17, 15) is 4.79 Å². The summed E-state index contributed by atoms with van der Waals surface area (Å²) in [5.74, 6) is 0.00393. The lowest BCUT2D eigenvalue weighted by Crippen LogP contribution is -2.46. The number of anilines is 1. The summed E-state index contributed by atoms with van der Waals surface area (Å²) in [7, 11) is 0. The highest BCUT2D eigenvalue weighted by molar-refractivity contribution is 7.15. The summed E-state index contributed by atoms with van der Waals surface area (Å²) in [6.07, 6.45) is 6.70. The minimum absolute atomic E-state index is 0.00393. The van der Waals surface area contributed by atoms with Crippen LogP contribution in [-0.2, 0) is 11.3 Å². The van der Waals surface area contributed by atoms with Gasteiger partial charge in [-0.05, 0) is 33.2 Å². The molecular formula is C15H22N6OS. The maximum atomic E-state index is 12.3. The first-order valence-electron chi connectivity index (χ1n) is 7.92. The highest BCUT2D eigenvalue weighted by Gasteiger charge is 2.25. The molecule has 1 fully saturated rings. The molecule has 2 aromatic heterocycles. The van der Waals surface area contributed by atoms with Gasteiger partial charge in [-0.2, -0.15) is 5.10 Å². The van der Waals surface area contributed by atoms with Gasteiger partial charge in [0.1, 0.15) is 12.7 Å². The third kappa shape index (κ3) is 4.14. The van der Waals surface area contributed by atoms with Crippen molar-refractivity contribution in [3.63, 3.8) is 0 Å². The molecule has 3 heterocycles. The van der Waals surface area contributed by atoms with Gasteiger partial charge in [-0.25, -0.2) is 9.97 Å². The summed E-state index contributed by atoms with van der Waals surface area (Å²) in [5.41, 5.74) is 0.979. The van der Waals surface area contributed by atoms with Crippen LogP contribution in [0.3, 0.4) is 0 Å². The molecule has 1 saturated heterocycles. The number of rotatable bonds is 5. The van der Waals surface area contributed by atoms with Crippen molar-refractivity contribution in [1.29, 1.82) is 0 Å². The van der Waals surface area contributed by atoms with Gasteiger partial charge < -0.3 is 5.32 Å². The zero-order valence-electron chi connectivity index (χ0n) is 13.5. The number of piperidine rings is 1. The maximum absolute atomic E-state index is 12.3. The number of carbonyl (C=O) groups is 1. The number of nitrogens with one attached hydrogen (secondary N) is 1. The molecule has 0 saturated carbocycles. The normalized spacial score (nSPS) is 19.0. The number of nitrogens with zero attached hydrogens (tertiary/aromatic N) is 5. The van der Waals surface area contributed by atoms with E-state index in [0.29, 0.717) is 17.7 Å². The lowest BCUT2D eigenvalue weighted by Gasteiger charge is -2.34. The SMILES string of the molecule is Cc1nc(NC(=O)CN2CCCC[C@H]2Cn2cncn2)sc1C. The fourth-order valence-electron chi connectivity index (χ4n) is 2.89. The number of hydrogen-bond donors (Lipinski definition) is 1. The molecule has 23 heavy (non-hydrogen) atoms. The topological polar surface area (TPSA) is 75.9 Å². The summed E-state index contributed by atoms with van der Waals surface area (Å²) in [6.45, 7) is 6.10. The van der Waals surface area contributed by atoms with Crippen molar-refractivity contribution in [2.24, 2.45) is 0 Å². The van der Waals surface area contributed by atoms with Crippen LogP contribution >= 0.6 is 11.3 Å². The first kappa shape index (κ1) is 16.1. The van der Waals surface area contributed by atoms with Gasteiger partial charge >= 0.3 is 0 Å². The van der Waals surface area contributed by atoms with Gasteiger partial charge in [0.2, 0.25) is 5.91 Å². The van der Waals surface area contributed by atoms with Gasteiger partial charge in [-0.1, -0.05) is 6.42 Å². The van der Waals surface area contributed by atoms with E-state index in [4.69, 9.17) is 0 Å². The number of hydrogen-bond acceptors (Lipinski definition) is 6. The molecule has 3 rings (SSSR count). The summed E-state index contributed by atoms with van der Waals surface area (Å²) in [6, 6.07) is 0.330. The molecule has 0 aliphatic carbocycles. The van der Waals surface area contributed by atoms with E-state index in [1.54, 1.807) is 12.7 Å². The molecule has 0 bridgehead atoms. The molecule has 1 amide bonds. The first-order chi connectivity index (χ1) is 11.1. The van der Waals surface area contributed by atoms with E-state index in [-0.39, 0.29) is 5.91 Å². The number of likely N-dealkylation sites (tertiary alicyclic amines) is 1. The third-order valence-electron chi connectivity index (χ3n) is 4.24. The Morgan fingerprint density at radius 1 is 1.43 bits per heavy atom. The highest BCUT2D eigenvalue weighted by Crippen LogP contribution is 2.22. The predicted molar refractivity (Wildman–Crippen MR) is 89.5 cm³/mol. The standard InChI is InChI=1S/C15H22N6OS/c1-11-12(2)23-15(18-11)19-14(22)8-20-6-4-3-5-13(20)7-21-10-16-9-17-21/h9-10,13H,3-8H2,1-2H3,(H,18,19,22)/t13-/m0/s1. The Morgan fingerprint density at radius 2 is 2.30 bits per heavy atom. The van der Waals surface area contributed by atoms with Gasteiger partial charge in [0.05, 0.1) is 18.8 Å². The Labute approximate surface area is 139 Å². The molecule has 0 spiro atoms. The smallest absolute Gasteiger partial charge is 0.240 e. The molecule has 0 unspecified atom stereocenters. The highest BCUT2D eigenvalue weighted by atomic mass is 32.1. The Hall–Kier alpha value is -1.80. The molecule has 1 aliphatic heterocycles. The summed E-state index contributed by atoms with van der Waals surface area (Å²) >= 11 is 1.53. The molecule has 0 aromatic carbocycles. The van der Waals surface area contributed by atoms with Crippen LogP contribution in [-0.4, -0.2) is 49.7 Å². The van der Waals surface area contributed by atoms with Crippen LogP contribution < -0.4 is 5.32 Å². The predicted octanol–water partition coefficient (Wildman–Crippen LogP) is 1.84. The fraction of sp³-hybridized carbons (Fsp3) is 0.600. The molecule has 1 aliphatic rings. The summed E-state index contributed by atoms with van der Waals surface area (Å²) < 4.78 is 1.84. The first-order valence-corrected chi connectivity index (χ1v) is 8.74. The molecule has 2 aromatic rings. The lowest BCUT2D eigenvalue weighted by molar-refractivity contribution is -0.118. The average Bonchev–Trinajstić information content (AvgIpc) is 3.12. The quantitative estimate of drug-likeness (QED) is 0.903. The number of carbonyl (C=O) groups excluding carboxylic acids is 1. The molecule has 1 atom stereocenters. The fourth-order valence-corrected chi connectivity index (χ4v) is 3.72. The second-order valence-corrected chi connectivity index (χ2v) is 7.15. The van der Waals surface area contributed by atoms with E-state index in [1.165, 1.54) is 17.8 Å². The van der Waals surface area contributed by atoms with Crippen LogP contribution in [0.4, 0.5) is 5.13 Å². The second-order valence-electron chi connectivity index (χ2n) is 5.95. The van der Waals surface area contributed by atoms with Crippen LogP contribution in [0, 0.1) is 13.8 Å². The molecule has 0 radical (unpaired) electrons. The van der Waals surface area contributed by atoms with Gasteiger partial charge in [0.15, 0.2) is 5.13 Å². The second kappa shape index (κ2) is 7.18. The molecule has 124 valence electrons. The lowest BCUT2D eigenvalue weighted by atomic mass is 10.0. The average molecular weight is 334 g/mol. The van der Waals surface area contributed by atoms with E-state index in [0.717, 1.165) is 36.5 Å². The van der Waals surface area contributed by atoms with E-state index in [1.807, 2.05) is 18.5 Å². The molecular weight excluding hydrogens is 312 g/mol. The van der Waals surface area contributed by atoms with Crippen LogP contribution in [0.1, 0.15) is 29.8 Å².